The molecule has 1 aromatic rings. The molecule has 1 aliphatic heterocycles. The molecule has 18 heavy (non-hydrogen) atoms. The van der Waals surface area contributed by atoms with E-state index in [1.165, 1.54) is 6.07 Å². The van der Waals surface area contributed by atoms with E-state index in [0.717, 1.165) is 26.2 Å². The minimum atomic E-state index is -0.552. The highest BCUT2D eigenvalue weighted by Gasteiger charge is 2.24. The number of hydrogen-bond donors (Lipinski definition) is 1. The Hall–Kier alpha value is -0.420. The fourth-order valence-electron chi connectivity index (χ4n) is 2.15. The molecule has 1 heterocycles. The lowest BCUT2D eigenvalue weighted by Gasteiger charge is -2.34. The third kappa shape index (κ3) is 3.32. The van der Waals surface area contributed by atoms with Crippen LogP contribution in [0, 0.1) is 5.82 Å². The van der Waals surface area contributed by atoms with Crippen LogP contribution < -0.4 is 5.32 Å². The van der Waals surface area contributed by atoms with Gasteiger partial charge in [0.1, 0.15) is 12.5 Å². The van der Waals surface area contributed by atoms with Crippen LogP contribution in [0.1, 0.15) is 11.6 Å². The predicted octanol–water partition coefficient (Wildman–Crippen LogP) is 2.82. The van der Waals surface area contributed by atoms with Crippen LogP contribution in [0.15, 0.2) is 18.2 Å². The van der Waals surface area contributed by atoms with Gasteiger partial charge < -0.3 is 5.32 Å². The molecule has 102 valence electrons. The topological polar surface area (TPSA) is 15.3 Å². The van der Waals surface area contributed by atoms with Gasteiger partial charge in [0.2, 0.25) is 0 Å². The Balaban J connectivity index is 0.00000162. The standard InChI is InChI=1S/C12H15ClF2N2.ClH/c13-12-9(2-1-3-10(12)15)11(8-14)17-6-4-16-5-7-17;/h1-3,11,16H,4-8H2;1H/t11-;/m0./s1. The van der Waals surface area contributed by atoms with Crippen LogP contribution in [0.5, 0.6) is 0 Å². The van der Waals surface area contributed by atoms with Crippen LogP contribution in [0.25, 0.3) is 0 Å². The Morgan fingerprint density at radius 2 is 2.00 bits per heavy atom. The molecular weight excluding hydrogens is 281 g/mol. The molecule has 2 rings (SSSR count). The van der Waals surface area contributed by atoms with Gasteiger partial charge in [-0.05, 0) is 11.6 Å². The van der Waals surface area contributed by atoms with Gasteiger partial charge in [0.25, 0.3) is 0 Å². The summed E-state index contributed by atoms with van der Waals surface area (Å²) in [5.74, 6) is -0.488. The van der Waals surface area contributed by atoms with Crippen molar-refractivity contribution in [1.82, 2.24) is 10.2 Å². The molecule has 1 aromatic carbocycles. The molecule has 1 atom stereocenters. The molecule has 0 aromatic heterocycles. The highest BCUT2D eigenvalue weighted by Crippen LogP contribution is 2.30. The SMILES string of the molecule is Cl.FC[C@@H](c1cccc(F)c1Cl)N1CCNCC1. The molecule has 0 unspecified atom stereocenters. The summed E-state index contributed by atoms with van der Waals surface area (Å²) in [5.41, 5.74) is 0.538. The van der Waals surface area contributed by atoms with Crippen LogP contribution in [0.4, 0.5) is 8.78 Å². The van der Waals surface area contributed by atoms with Crippen molar-refractivity contribution in [2.24, 2.45) is 0 Å². The largest absolute Gasteiger partial charge is 0.314 e. The lowest BCUT2D eigenvalue weighted by molar-refractivity contribution is 0.147. The number of rotatable bonds is 3. The Labute approximate surface area is 117 Å². The summed E-state index contributed by atoms with van der Waals surface area (Å²) in [6.45, 7) is 2.60. The lowest BCUT2D eigenvalue weighted by atomic mass is 10.1. The van der Waals surface area contributed by atoms with Gasteiger partial charge in [-0.15, -0.1) is 12.4 Å². The fourth-order valence-corrected chi connectivity index (χ4v) is 2.40. The van der Waals surface area contributed by atoms with Gasteiger partial charge in [0, 0.05) is 26.2 Å². The van der Waals surface area contributed by atoms with Gasteiger partial charge in [0.15, 0.2) is 0 Å². The van der Waals surface area contributed by atoms with Gasteiger partial charge in [-0.1, -0.05) is 23.7 Å². The molecule has 0 amide bonds. The molecule has 1 aliphatic rings. The predicted molar refractivity (Wildman–Crippen MR) is 71.8 cm³/mol. The smallest absolute Gasteiger partial charge is 0.142 e. The Kier molecular flexibility index (Phi) is 6.29. The molecule has 0 spiro atoms. The first-order chi connectivity index (χ1) is 8.24. The monoisotopic (exact) mass is 296 g/mol. The van der Waals surface area contributed by atoms with E-state index in [2.05, 4.69) is 5.32 Å². The van der Waals surface area contributed by atoms with E-state index in [1.807, 2.05) is 4.90 Å². The molecule has 1 N–H and O–H groups in total. The average Bonchev–Trinajstić information content (AvgIpc) is 2.37. The Morgan fingerprint density at radius 3 is 2.61 bits per heavy atom. The number of benzene rings is 1. The quantitative estimate of drug-likeness (QED) is 0.923. The Bertz CT molecular complexity index is 384. The first kappa shape index (κ1) is 15.6. The highest BCUT2D eigenvalue weighted by molar-refractivity contribution is 6.31. The van der Waals surface area contributed by atoms with E-state index in [4.69, 9.17) is 11.6 Å². The van der Waals surface area contributed by atoms with Gasteiger partial charge in [0.05, 0.1) is 11.1 Å². The lowest BCUT2D eigenvalue weighted by Crippen LogP contribution is -2.45. The molecule has 0 saturated carbocycles. The molecular formula is C12H16Cl2F2N2. The van der Waals surface area contributed by atoms with Crippen molar-refractivity contribution in [3.05, 3.63) is 34.6 Å². The number of nitrogens with one attached hydrogen (secondary N) is 1. The molecule has 1 saturated heterocycles. The summed E-state index contributed by atoms with van der Waals surface area (Å²) in [5, 5.41) is 3.24. The van der Waals surface area contributed by atoms with Crippen molar-refractivity contribution in [2.75, 3.05) is 32.9 Å². The summed E-state index contributed by atoms with van der Waals surface area (Å²) < 4.78 is 26.6. The first-order valence-corrected chi connectivity index (χ1v) is 6.06. The van der Waals surface area contributed by atoms with Crippen LogP contribution >= 0.6 is 24.0 Å². The van der Waals surface area contributed by atoms with E-state index in [0.29, 0.717) is 5.56 Å². The number of nitrogens with zero attached hydrogens (tertiary/aromatic N) is 1. The first-order valence-electron chi connectivity index (χ1n) is 5.68. The van der Waals surface area contributed by atoms with Gasteiger partial charge in [-0.2, -0.15) is 0 Å². The van der Waals surface area contributed by atoms with Crippen molar-refractivity contribution in [3.8, 4) is 0 Å². The van der Waals surface area contributed by atoms with Crippen molar-refractivity contribution in [3.63, 3.8) is 0 Å². The van der Waals surface area contributed by atoms with Gasteiger partial charge >= 0.3 is 0 Å². The summed E-state index contributed by atoms with van der Waals surface area (Å²) in [7, 11) is 0. The van der Waals surface area contributed by atoms with E-state index in [9.17, 15) is 8.78 Å². The second-order valence-corrected chi connectivity index (χ2v) is 4.48. The minimum Gasteiger partial charge on any atom is -0.314 e. The van der Waals surface area contributed by atoms with Crippen LogP contribution in [0.3, 0.4) is 0 Å². The van der Waals surface area contributed by atoms with Crippen molar-refractivity contribution in [2.45, 2.75) is 6.04 Å². The molecule has 0 bridgehead atoms. The molecule has 2 nitrogen and oxygen atoms in total. The summed E-state index contributed by atoms with van der Waals surface area (Å²) in [6.07, 6.45) is 0. The molecule has 6 heteroatoms. The second-order valence-electron chi connectivity index (χ2n) is 4.10. The van der Waals surface area contributed by atoms with E-state index >= 15 is 0 Å². The Morgan fingerprint density at radius 1 is 1.33 bits per heavy atom. The molecule has 1 fully saturated rings. The highest BCUT2D eigenvalue weighted by atomic mass is 35.5. The third-order valence-electron chi connectivity index (χ3n) is 3.08. The van der Waals surface area contributed by atoms with Crippen LogP contribution in [0.2, 0.25) is 5.02 Å². The van der Waals surface area contributed by atoms with Gasteiger partial charge in [-0.3, -0.25) is 4.90 Å². The van der Waals surface area contributed by atoms with Crippen LogP contribution in [-0.4, -0.2) is 37.8 Å². The second kappa shape index (κ2) is 7.24. The zero-order valence-corrected chi connectivity index (χ0v) is 11.4. The van der Waals surface area contributed by atoms with Crippen LogP contribution in [-0.2, 0) is 0 Å². The average molecular weight is 297 g/mol. The summed E-state index contributed by atoms with van der Waals surface area (Å²) in [4.78, 5) is 2.00. The summed E-state index contributed by atoms with van der Waals surface area (Å²) in [6, 6.07) is 4.11. The number of halogens is 4. The maximum absolute atomic E-state index is 13.4. The van der Waals surface area contributed by atoms with Crippen molar-refractivity contribution < 1.29 is 8.78 Å². The number of alkyl halides is 1. The van der Waals surface area contributed by atoms with E-state index in [1.54, 1.807) is 12.1 Å². The van der Waals surface area contributed by atoms with E-state index < -0.39 is 18.5 Å². The zero-order valence-electron chi connectivity index (χ0n) is 9.83. The van der Waals surface area contributed by atoms with E-state index in [-0.39, 0.29) is 17.4 Å². The molecule has 0 aliphatic carbocycles. The number of hydrogen-bond acceptors (Lipinski definition) is 2. The fraction of sp³-hybridized carbons (Fsp3) is 0.500. The maximum atomic E-state index is 13.4. The van der Waals surface area contributed by atoms with Crippen molar-refractivity contribution >= 4 is 24.0 Å². The number of piperazine rings is 1. The zero-order chi connectivity index (χ0) is 12.3. The van der Waals surface area contributed by atoms with Crippen molar-refractivity contribution in [1.29, 1.82) is 0 Å². The third-order valence-corrected chi connectivity index (χ3v) is 3.48. The minimum absolute atomic E-state index is 0. The molecule has 0 radical (unpaired) electrons. The maximum Gasteiger partial charge on any atom is 0.142 e. The van der Waals surface area contributed by atoms with Gasteiger partial charge in [-0.25, -0.2) is 8.78 Å². The normalized spacial score (nSPS) is 18.2. The summed E-state index contributed by atoms with van der Waals surface area (Å²) >= 11 is 5.90.